The minimum Gasteiger partial charge on any atom is -0.327 e. The molecule has 0 aliphatic rings. The van der Waals surface area contributed by atoms with Crippen LogP contribution in [0.4, 0.5) is 8.78 Å². The molecule has 1 atom stereocenters. The van der Waals surface area contributed by atoms with Gasteiger partial charge in [0.25, 0.3) is 0 Å². The Morgan fingerprint density at radius 3 is 2.76 bits per heavy atom. The third-order valence-corrected chi connectivity index (χ3v) is 3.25. The molecule has 2 rings (SSSR count). The van der Waals surface area contributed by atoms with Gasteiger partial charge in [-0.05, 0) is 24.5 Å². The van der Waals surface area contributed by atoms with Crippen LogP contribution in [0.5, 0.6) is 0 Å². The van der Waals surface area contributed by atoms with Gasteiger partial charge in [0.2, 0.25) is 0 Å². The quantitative estimate of drug-likeness (QED) is 0.910. The minimum atomic E-state index is -0.567. The van der Waals surface area contributed by atoms with Crippen molar-refractivity contribution in [1.82, 2.24) is 4.98 Å². The Bertz CT molecular complexity index is 485. The molecule has 2 N–H and O–H groups in total. The van der Waals surface area contributed by atoms with Crippen LogP contribution in [0, 0.1) is 11.6 Å². The summed E-state index contributed by atoms with van der Waals surface area (Å²) >= 11 is 1.52. The Balaban J connectivity index is 2.00. The topological polar surface area (TPSA) is 38.9 Å². The van der Waals surface area contributed by atoms with Gasteiger partial charge in [-0.1, -0.05) is 6.07 Å². The van der Waals surface area contributed by atoms with Crippen molar-refractivity contribution in [2.75, 3.05) is 0 Å². The van der Waals surface area contributed by atoms with Gasteiger partial charge in [0.1, 0.15) is 11.6 Å². The molecule has 5 heteroatoms. The standard InChI is InChI=1S/C12H12F2N2S/c13-9-2-1-8(12(14)4-9)3-10(15)5-11-6-16-7-17-11/h1-2,4,6-7,10H,3,5,15H2. The lowest BCUT2D eigenvalue weighted by molar-refractivity contribution is 0.559. The summed E-state index contributed by atoms with van der Waals surface area (Å²) in [6.07, 6.45) is 2.80. The maximum atomic E-state index is 13.4. The number of aromatic nitrogens is 1. The van der Waals surface area contributed by atoms with E-state index >= 15 is 0 Å². The van der Waals surface area contributed by atoms with Crippen molar-refractivity contribution < 1.29 is 8.78 Å². The van der Waals surface area contributed by atoms with Crippen LogP contribution in [0.3, 0.4) is 0 Å². The van der Waals surface area contributed by atoms with Crippen LogP contribution in [-0.2, 0) is 12.8 Å². The number of nitrogens with two attached hydrogens (primary N) is 1. The summed E-state index contributed by atoms with van der Waals surface area (Å²) in [7, 11) is 0. The molecule has 1 aromatic heterocycles. The van der Waals surface area contributed by atoms with Crippen LogP contribution in [0.1, 0.15) is 10.4 Å². The minimum absolute atomic E-state index is 0.185. The average molecular weight is 254 g/mol. The summed E-state index contributed by atoms with van der Waals surface area (Å²) in [5.74, 6) is -1.10. The second-order valence-electron chi connectivity index (χ2n) is 3.87. The Labute approximate surface area is 102 Å². The van der Waals surface area contributed by atoms with E-state index in [2.05, 4.69) is 4.98 Å². The van der Waals surface area contributed by atoms with Gasteiger partial charge in [-0.2, -0.15) is 0 Å². The molecular weight excluding hydrogens is 242 g/mol. The molecule has 90 valence electrons. The Kier molecular flexibility index (Phi) is 3.81. The molecule has 1 unspecified atom stereocenters. The SMILES string of the molecule is NC(Cc1cncs1)Cc1ccc(F)cc1F. The molecule has 0 amide bonds. The van der Waals surface area contributed by atoms with Gasteiger partial charge >= 0.3 is 0 Å². The molecule has 1 aromatic carbocycles. The lowest BCUT2D eigenvalue weighted by atomic mass is 10.0. The van der Waals surface area contributed by atoms with Gasteiger partial charge in [0.05, 0.1) is 5.51 Å². The molecule has 0 fully saturated rings. The van der Waals surface area contributed by atoms with Gasteiger partial charge in [0.15, 0.2) is 0 Å². The highest BCUT2D eigenvalue weighted by atomic mass is 32.1. The highest BCUT2D eigenvalue weighted by Gasteiger charge is 2.10. The molecular formula is C12H12F2N2S. The fourth-order valence-electron chi connectivity index (χ4n) is 1.64. The van der Waals surface area contributed by atoms with Crippen LogP contribution in [-0.4, -0.2) is 11.0 Å². The van der Waals surface area contributed by atoms with Gasteiger partial charge in [-0.25, -0.2) is 8.78 Å². The predicted molar refractivity (Wildman–Crippen MR) is 63.9 cm³/mol. The Hall–Kier alpha value is -1.33. The van der Waals surface area contributed by atoms with Crippen LogP contribution in [0.15, 0.2) is 29.9 Å². The molecule has 0 saturated heterocycles. The van der Waals surface area contributed by atoms with Crippen molar-refractivity contribution in [2.24, 2.45) is 5.73 Å². The van der Waals surface area contributed by atoms with E-state index in [0.717, 1.165) is 10.9 Å². The van der Waals surface area contributed by atoms with Crippen molar-refractivity contribution >= 4 is 11.3 Å². The van der Waals surface area contributed by atoms with Gasteiger partial charge in [0, 0.05) is 23.2 Å². The monoisotopic (exact) mass is 254 g/mol. The zero-order chi connectivity index (χ0) is 12.3. The Morgan fingerprint density at radius 2 is 2.12 bits per heavy atom. The average Bonchev–Trinajstić information content (AvgIpc) is 2.75. The van der Waals surface area contributed by atoms with E-state index in [1.807, 2.05) is 0 Å². The van der Waals surface area contributed by atoms with Gasteiger partial charge in [-0.3, -0.25) is 4.98 Å². The molecule has 0 bridgehead atoms. The lowest BCUT2D eigenvalue weighted by Crippen LogP contribution is -2.25. The molecule has 1 heterocycles. The summed E-state index contributed by atoms with van der Waals surface area (Å²) < 4.78 is 26.1. The number of hydrogen-bond acceptors (Lipinski definition) is 3. The van der Waals surface area contributed by atoms with E-state index in [1.165, 1.54) is 23.5 Å². The van der Waals surface area contributed by atoms with E-state index in [1.54, 1.807) is 11.7 Å². The van der Waals surface area contributed by atoms with Crippen molar-refractivity contribution in [1.29, 1.82) is 0 Å². The van der Waals surface area contributed by atoms with Crippen LogP contribution < -0.4 is 5.73 Å². The molecule has 0 spiro atoms. The number of rotatable bonds is 4. The second kappa shape index (κ2) is 5.33. The largest absolute Gasteiger partial charge is 0.327 e. The van der Waals surface area contributed by atoms with Crippen molar-refractivity contribution in [3.8, 4) is 0 Å². The second-order valence-corrected chi connectivity index (χ2v) is 4.84. The summed E-state index contributed by atoms with van der Waals surface area (Å²) in [4.78, 5) is 5.02. The molecule has 2 nitrogen and oxygen atoms in total. The first-order valence-corrected chi connectivity index (χ1v) is 6.10. The molecule has 0 radical (unpaired) electrons. The third-order valence-electron chi connectivity index (χ3n) is 2.44. The van der Waals surface area contributed by atoms with Crippen LogP contribution in [0.25, 0.3) is 0 Å². The van der Waals surface area contributed by atoms with Gasteiger partial charge in [-0.15, -0.1) is 11.3 Å². The van der Waals surface area contributed by atoms with Crippen molar-refractivity contribution in [3.63, 3.8) is 0 Å². The fraction of sp³-hybridized carbons (Fsp3) is 0.250. The first kappa shape index (κ1) is 12.1. The first-order chi connectivity index (χ1) is 8.15. The fourth-order valence-corrected chi connectivity index (χ4v) is 2.33. The van der Waals surface area contributed by atoms with Crippen LogP contribution >= 0.6 is 11.3 Å². The molecule has 17 heavy (non-hydrogen) atoms. The number of nitrogens with zero attached hydrogens (tertiary/aromatic N) is 1. The maximum absolute atomic E-state index is 13.4. The molecule has 0 aliphatic carbocycles. The van der Waals surface area contributed by atoms with E-state index in [0.29, 0.717) is 18.4 Å². The Morgan fingerprint density at radius 1 is 1.29 bits per heavy atom. The summed E-state index contributed by atoms with van der Waals surface area (Å²) in [6, 6.07) is 3.39. The first-order valence-electron chi connectivity index (χ1n) is 5.22. The number of thiazole rings is 1. The number of halogens is 2. The number of benzene rings is 1. The predicted octanol–water partition coefficient (Wildman–Crippen LogP) is 2.53. The van der Waals surface area contributed by atoms with Crippen LogP contribution in [0.2, 0.25) is 0 Å². The van der Waals surface area contributed by atoms with Crippen molar-refractivity contribution in [3.05, 3.63) is 52.0 Å². The zero-order valence-corrected chi connectivity index (χ0v) is 9.88. The molecule has 0 aliphatic heterocycles. The van der Waals surface area contributed by atoms with E-state index in [9.17, 15) is 8.78 Å². The highest BCUT2D eigenvalue weighted by molar-refractivity contribution is 7.09. The smallest absolute Gasteiger partial charge is 0.129 e. The van der Waals surface area contributed by atoms with E-state index < -0.39 is 11.6 Å². The van der Waals surface area contributed by atoms with Gasteiger partial charge < -0.3 is 5.73 Å². The van der Waals surface area contributed by atoms with Crippen molar-refractivity contribution in [2.45, 2.75) is 18.9 Å². The van der Waals surface area contributed by atoms with E-state index in [4.69, 9.17) is 5.73 Å². The normalized spacial score (nSPS) is 12.6. The summed E-state index contributed by atoms with van der Waals surface area (Å²) in [5, 5.41) is 0. The van der Waals surface area contributed by atoms with E-state index in [-0.39, 0.29) is 6.04 Å². The maximum Gasteiger partial charge on any atom is 0.129 e. The summed E-state index contributed by atoms with van der Waals surface area (Å²) in [5.41, 5.74) is 8.11. The molecule has 2 aromatic rings. The highest BCUT2D eigenvalue weighted by Crippen LogP contribution is 2.14. The zero-order valence-electron chi connectivity index (χ0n) is 9.07. The summed E-state index contributed by atoms with van der Waals surface area (Å²) in [6.45, 7) is 0. The lowest BCUT2D eigenvalue weighted by Gasteiger charge is -2.10. The third kappa shape index (κ3) is 3.31. The molecule has 0 saturated carbocycles. The number of hydrogen-bond donors (Lipinski definition) is 1.